The minimum atomic E-state index is 0.492. The molecule has 30 heavy (non-hydrogen) atoms. The van der Waals surface area contributed by atoms with Crippen LogP contribution in [-0.2, 0) is 0 Å². The van der Waals surface area contributed by atoms with Crippen molar-refractivity contribution in [2.45, 2.75) is 38.8 Å². The van der Waals surface area contributed by atoms with Crippen molar-refractivity contribution in [3.8, 4) is 11.5 Å². The maximum atomic E-state index is 5.97. The lowest BCUT2D eigenvalue weighted by molar-refractivity contribution is 0.233. The first-order valence-electron chi connectivity index (χ1n) is 10.8. The van der Waals surface area contributed by atoms with Crippen LogP contribution in [0.15, 0.2) is 42.5 Å². The Morgan fingerprint density at radius 1 is 0.700 bits per heavy atom. The van der Waals surface area contributed by atoms with E-state index in [0.29, 0.717) is 25.3 Å². The van der Waals surface area contributed by atoms with E-state index in [1.165, 1.54) is 0 Å². The highest BCUT2D eigenvalue weighted by molar-refractivity contribution is 5.93. The minimum Gasteiger partial charge on any atom is -0.493 e. The predicted molar refractivity (Wildman–Crippen MR) is 126 cm³/mol. The second kappa shape index (κ2) is 10.1. The first-order chi connectivity index (χ1) is 14.3. The molecule has 3 rings (SSSR count). The molecule has 0 spiro atoms. The molecule has 2 atom stereocenters. The van der Waals surface area contributed by atoms with Crippen molar-refractivity contribution in [1.29, 1.82) is 0 Å². The Balaban J connectivity index is 1.70. The fourth-order valence-electron chi connectivity index (χ4n) is 3.17. The molecule has 2 unspecified atom stereocenters. The van der Waals surface area contributed by atoms with E-state index in [2.05, 4.69) is 70.0 Å². The standard InChI is InChI=1S/C25H35N3O2/c1-18(27(3)4)11-13-29-22-9-7-20-15-21-8-10-23(17-25(21)26-24(20)16-22)30-14-12-19(2)28(5)6/h7-10,15-19H,11-14H2,1-6H3. The van der Waals surface area contributed by atoms with Crippen LogP contribution in [0.3, 0.4) is 0 Å². The molecule has 1 aromatic heterocycles. The van der Waals surface area contributed by atoms with Gasteiger partial charge < -0.3 is 19.3 Å². The normalized spacial score (nSPS) is 13.9. The van der Waals surface area contributed by atoms with Crippen molar-refractivity contribution < 1.29 is 9.47 Å². The highest BCUT2D eigenvalue weighted by atomic mass is 16.5. The van der Waals surface area contributed by atoms with E-state index >= 15 is 0 Å². The molecule has 0 saturated carbocycles. The fourth-order valence-corrected chi connectivity index (χ4v) is 3.17. The van der Waals surface area contributed by atoms with Gasteiger partial charge in [0.25, 0.3) is 0 Å². The average molecular weight is 410 g/mol. The summed E-state index contributed by atoms with van der Waals surface area (Å²) in [6, 6.07) is 15.4. The number of hydrogen-bond acceptors (Lipinski definition) is 5. The van der Waals surface area contributed by atoms with Gasteiger partial charge in [-0.25, -0.2) is 4.98 Å². The molecule has 2 aromatic carbocycles. The molecule has 1 heterocycles. The average Bonchev–Trinajstić information content (AvgIpc) is 2.71. The summed E-state index contributed by atoms with van der Waals surface area (Å²) in [5.74, 6) is 1.73. The lowest BCUT2D eigenvalue weighted by Crippen LogP contribution is -2.26. The van der Waals surface area contributed by atoms with Crippen molar-refractivity contribution in [2.24, 2.45) is 0 Å². The number of pyridine rings is 1. The number of benzene rings is 2. The van der Waals surface area contributed by atoms with Crippen molar-refractivity contribution in [3.63, 3.8) is 0 Å². The smallest absolute Gasteiger partial charge is 0.121 e. The van der Waals surface area contributed by atoms with E-state index in [-0.39, 0.29) is 0 Å². The summed E-state index contributed by atoms with van der Waals surface area (Å²) in [7, 11) is 8.38. The van der Waals surface area contributed by atoms with Gasteiger partial charge in [0.1, 0.15) is 11.5 Å². The van der Waals surface area contributed by atoms with Gasteiger partial charge in [-0.2, -0.15) is 0 Å². The van der Waals surface area contributed by atoms with Gasteiger partial charge in [-0.3, -0.25) is 0 Å². The third kappa shape index (κ3) is 5.83. The van der Waals surface area contributed by atoms with Gasteiger partial charge in [0.15, 0.2) is 0 Å². The maximum Gasteiger partial charge on any atom is 0.121 e. The molecule has 0 aliphatic rings. The Kier molecular flexibility index (Phi) is 7.51. The molecule has 0 aliphatic heterocycles. The van der Waals surface area contributed by atoms with Crippen LogP contribution in [0.5, 0.6) is 11.5 Å². The summed E-state index contributed by atoms with van der Waals surface area (Å²) < 4.78 is 11.9. The van der Waals surface area contributed by atoms with E-state index in [9.17, 15) is 0 Å². The van der Waals surface area contributed by atoms with Crippen LogP contribution in [0.2, 0.25) is 0 Å². The molecule has 0 fully saturated rings. The van der Waals surface area contributed by atoms with Gasteiger partial charge >= 0.3 is 0 Å². The van der Waals surface area contributed by atoms with E-state index in [1.54, 1.807) is 0 Å². The fraction of sp³-hybridized carbons (Fsp3) is 0.480. The molecule has 0 amide bonds. The quantitative estimate of drug-likeness (QED) is 0.449. The van der Waals surface area contributed by atoms with Gasteiger partial charge in [0.2, 0.25) is 0 Å². The third-order valence-electron chi connectivity index (χ3n) is 5.93. The van der Waals surface area contributed by atoms with Crippen LogP contribution in [-0.4, -0.2) is 68.3 Å². The van der Waals surface area contributed by atoms with Crippen LogP contribution in [0.25, 0.3) is 21.8 Å². The number of hydrogen-bond donors (Lipinski definition) is 0. The van der Waals surface area contributed by atoms with Crippen LogP contribution in [0, 0.1) is 0 Å². The van der Waals surface area contributed by atoms with Crippen LogP contribution in [0.1, 0.15) is 26.7 Å². The molecule has 0 aliphatic carbocycles. The third-order valence-corrected chi connectivity index (χ3v) is 5.93. The molecule has 3 aromatic rings. The number of nitrogens with zero attached hydrogens (tertiary/aromatic N) is 3. The summed E-state index contributed by atoms with van der Waals surface area (Å²) in [4.78, 5) is 9.28. The lowest BCUT2D eigenvalue weighted by atomic mass is 10.1. The topological polar surface area (TPSA) is 37.8 Å². The van der Waals surface area contributed by atoms with Gasteiger partial charge in [-0.05, 0) is 85.2 Å². The molecular formula is C25H35N3O2. The minimum absolute atomic E-state index is 0.492. The first-order valence-corrected chi connectivity index (χ1v) is 10.8. The zero-order valence-electron chi connectivity index (χ0n) is 19.2. The van der Waals surface area contributed by atoms with Crippen molar-refractivity contribution in [3.05, 3.63) is 42.5 Å². The molecule has 0 saturated heterocycles. The summed E-state index contributed by atoms with van der Waals surface area (Å²) in [5, 5.41) is 2.23. The van der Waals surface area contributed by atoms with Gasteiger partial charge in [-0.1, -0.05) is 0 Å². The number of rotatable bonds is 10. The first kappa shape index (κ1) is 22.3. The SMILES string of the molecule is CC(CCOc1ccc2cc3ccc(OCCC(C)N(C)C)cc3nc2c1)N(C)C. The molecule has 5 heteroatoms. The van der Waals surface area contributed by atoms with Crippen molar-refractivity contribution in [1.82, 2.24) is 14.8 Å². The van der Waals surface area contributed by atoms with E-state index in [4.69, 9.17) is 14.5 Å². The predicted octanol–water partition coefficient (Wildman–Crippen LogP) is 4.83. The Morgan fingerprint density at radius 2 is 1.13 bits per heavy atom. The maximum absolute atomic E-state index is 5.97. The second-order valence-electron chi connectivity index (χ2n) is 8.60. The summed E-state index contributed by atoms with van der Waals surface area (Å²) in [5.41, 5.74) is 1.89. The zero-order chi connectivity index (χ0) is 21.7. The lowest BCUT2D eigenvalue weighted by Gasteiger charge is -2.19. The molecule has 0 radical (unpaired) electrons. The van der Waals surface area contributed by atoms with E-state index < -0.39 is 0 Å². The monoisotopic (exact) mass is 409 g/mol. The molecule has 162 valence electrons. The largest absolute Gasteiger partial charge is 0.493 e. The second-order valence-corrected chi connectivity index (χ2v) is 8.60. The Labute approximate surface area is 180 Å². The van der Waals surface area contributed by atoms with Crippen molar-refractivity contribution in [2.75, 3.05) is 41.4 Å². The zero-order valence-corrected chi connectivity index (χ0v) is 19.2. The van der Waals surface area contributed by atoms with Crippen LogP contribution < -0.4 is 9.47 Å². The summed E-state index contributed by atoms with van der Waals surface area (Å²) >= 11 is 0. The highest BCUT2D eigenvalue weighted by Crippen LogP contribution is 2.26. The molecule has 0 N–H and O–H groups in total. The van der Waals surface area contributed by atoms with Crippen molar-refractivity contribution >= 4 is 21.8 Å². The Morgan fingerprint density at radius 3 is 1.53 bits per heavy atom. The van der Waals surface area contributed by atoms with Crippen LogP contribution in [0.4, 0.5) is 0 Å². The molecule has 5 nitrogen and oxygen atoms in total. The summed E-state index contributed by atoms with van der Waals surface area (Å²) in [6.45, 7) is 5.81. The van der Waals surface area contributed by atoms with Gasteiger partial charge in [0, 0.05) is 35.0 Å². The molecule has 0 bridgehead atoms. The summed E-state index contributed by atoms with van der Waals surface area (Å²) in [6.07, 6.45) is 1.98. The molecular weight excluding hydrogens is 374 g/mol. The van der Waals surface area contributed by atoms with Crippen LogP contribution >= 0.6 is 0 Å². The Hall–Kier alpha value is -2.37. The number of fused-ring (bicyclic) bond motifs is 2. The Bertz CT molecular complexity index is 896. The number of aromatic nitrogens is 1. The highest BCUT2D eigenvalue weighted by Gasteiger charge is 2.08. The number of ether oxygens (including phenoxy) is 2. The van der Waals surface area contributed by atoms with Gasteiger partial charge in [0.05, 0.1) is 24.2 Å². The van der Waals surface area contributed by atoms with E-state index in [0.717, 1.165) is 46.1 Å². The van der Waals surface area contributed by atoms with E-state index in [1.807, 2.05) is 24.3 Å². The van der Waals surface area contributed by atoms with Gasteiger partial charge in [-0.15, -0.1) is 0 Å².